The second-order valence-electron chi connectivity index (χ2n) is 4.79. The summed E-state index contributed by atoms with van der Waals surface area (Å²) < 4.78 is 26.6. The van der Waals surface area contributed by atoms with E-state index in [1.54, 1.807) is 6.07 Å². The van der Waals surface area contributed by atoms with E-state index in [2.05, 4.69) is 10.0 Å². The number of unbranched alkanes of at least 4 members (excludes halogenated alkanes) is 1. The summed E-state index contributed by atoms with van der Waals surface area (Å²) in [6, 6.07) is 13.5. The highest BCUT2D eigenvalue weighted by Gasteiger charge is 2.10. The summed E-state index contributed by atoms with van der Waals surface area (Å²) in [7, 11) is -1.40. The number of fused-ring (bicyclic) bond motifs is 1. The molecule has 0 saturated carbocycles. The third-order valence-electron chi connectivity index (χ3n) is 3.11. The second kappa shape index (κ2) is 6.72. The van der Waals surface area contributed by atoms with Crippen LogP contribution in [-0.4, -0.2) is 27.8 Å². The van der Waals surface area contributed by atoms with Crippen molar-refractivity contribution in [3.63, 3.8) is 0 Å². The minimum Gasteiger partial charge on any atom is -0.320 e. The van der Waals surface area contributed by atoms with Gasteiger partial charge in [-0.3, -0.25) is 4.72 Å². The Morgan fingerprint density at radius 2 is 1.75 bits per heavy atom. The molecule has 0 atom stereocenters. The fourth-order valence-corrected chi connectivity index (χ4v) is 3.25. The second-order valence-corrected chi connectivity index (χ2v) is 6.64. The molecule has 0 aromatic heterocycles. The normalized spacial score (nSPS) is 11.7. The zero-order chi connectivity index (χ0) is 14.4. The van der Waals surface area contributed by atoms with E-state index in [1.165, 1.54) is 0 Å². The van der Waals surface area contributed by atoms with E-state index in [4.69, 9.17) is 0 Å². The highest BCUT2D eigenvalue weighted by atomic mass is 32.2. The number of benzene rings is 2. The Hall–Kier alpha value is -1.59. The van der Waals surface area contributed by atoms with Crippen LogP contribution in [0, 0.1) is 0 Å². The molecule has 0 heterocycles. The van der Waals surface area contributed by atoms with Crippen molar-refractivity contribution in [1.82, 2.24) is 5.32 Å². The Morgan fingerprint density at radius 3 is 2.50 bits per heavy atom. The molecule has 0 amide bonds. The molecule has 0 spiro atoms. The molecule has 0 unspecified atom stereocenters. The number of sulfonamides is 1. The third-order valence-corrected chi connectivity index (χ3v) is 4.49. The lowest BCUT2D eigenvalue weighted by atomic mass is 10.1. The van der Waals surface area contributed by atoms with Crippen molar-refractivity contribution in [2.24, 2.45) is 0 Å². The van der Waals surface area contributed by atoms with Gasteiger partial charge in [0.25, 0.3) is 0 Å². The summed E-state index contributed by atoms with van der Waals surface area (Å²) in [5, 5.41) is 5.14. The van der Waals surface area contributed by atoms with Crippen LogP contribution >= 0.6 is 0 Å². The van der Waals surface area contributed by atoms with Crippen LogP contribution in [0.2, 0.25) is 0 Å². The minimum atomic E-state index is -3.26. The van der Waals surface area contributed by atoms with Crippen LogP contribution in [0.1, 0.15) is 12.8 Å². The topological polar surface area (TPSA) is 58.2 Å². The van der Waals surface area contributed by atoms with Crippen LogP contribution in [0.3, 0.4) is 0 Å². The van der Waals surface area contributed by atoms with Crippen molar-refractivity contribution in [3.05, 3.63) is 42.5 Å². The number of hydrogen-bond acceptors (Lipinski definition) is 3. The summed E-state index contributed by atoms with van der Waals surface area (Å²) in [5.74, 6) is 0.154. The van der Waals surface area contributed by atoms with Crippen molar-refractivity contribution in [3.8, 4) is 0 Å². The van der Waals surface area contributed by atoms with Crippen molar-refractivity contribution in [1.29, 1.82) is 0 Å². The van der Waals surface area contributed by atoms with Gasteiger partial charge in [0, 0.05) is 5.69 Å². The number of hydrogen-bond donors (Lipinski definition) is 2. The van der Waals surface area contributed by atoms with Gasteiger partial charge in [0.05, 0.1) is 5.75 Å². The molecule has 4 nitrogen and oxygen atoms in total. The molecule has 2 aromatic rings. The molecular weight excluding hydrogens is 272 g/mol. The average Bonchev–Trinajstić information content (AvgIpc) is 2.43. The molecular formula is C15H20N2O2S. The Labute approximate surface area is 120 Å². The third kappa shape index (κ3) is 4.21. The van der Waals surface area contributed by atoms with Crippen molar-refractivity contribution in [2.45, 2.75) is 12.8 Å². The molecule has 0 aliphatic heterocycles. The molecule has 0 saturated heterocycles. The highest BCUT2D eigenvalue weighted by Crippen LogP contribution is 2.19. The van der Waals surface area contributed by atoms with E-state index in [1.807, 2.05) is 43.4 Å². The number of anilines is 1. The smallest absolute Gasteiger partial charge is 0.232 e. The van der Waals surface area contributed by atoms with Gasteiger partial charge >= 0.3 is 0 Å². The summed E-state index contributed by atoms with van der Waals surface area (Å²) in [6.07, 6.45) is 1.51. The summed E-state index contributed by atoms with van der Waals surface area (Å²) in [5.41, 5.74) is 0.623. The average molecular weight is 292 g/mol. The van der Waals surface area contributed by atoms with Gasteiger partial charge in [0.2, 0.25) is 10.0 Å². The number of nitrogens with one attached hydrogen (secondary N) is 2. The lowest BCUT2D eigenvalue weighted by Crippen LogP contribution is -2.18. The molecule has 0 aliphatic carbocycles. The molecule has 0 radical (unpaired) electrons. The van der Waals surface area contributed by atoms with Crippen LogP contribution in [0.25, 0.3) is 10.8 Å². The molecule has 2 aromatic carbocycles. The standard InChI is InChI=1S/C15H20N2O2S/c1-16-10-4-5-11-20(18,19)17-15-9-8-13-6-2-3-7-14(13)12-15/h2-3,6-9,12,16-17H,4-5,10-11H2,1H3. The van der Waals surface area contributed by atoms with Crippen LogP contribution in [0.15, 0.2) is 42.5 Å². The zero-order valence-electron chi connectivity index (χ0n) is 11.6. The highest BCUT2D eigenvalue weighted by molar-refractivity contribution is 7.92. The Morgan fingerprint density at radius 1 is 1.00 bits per heavy atom. The zero-order valence-corrected chi connectivity index (χ0v) is 12.4. The molecule has 0 bridgehead atoms. The predicted octanol–water partition coefficient (Wildman–Crippen LogP) is 2.58. The Balaban J connectivity index is 2.03. The molecule has 108 valence electrons. The van der Waals surface area contributed by atoms with E-state index < -0.39 is 10.0 Å². The van der Waals surface area contributed by atoms with E-state index in [0.717, 1.165) is 23.7 Å². The molecule has 2 rings (SSSR count). The van der Waals surface area contributed by atoms with Crippen molar-refractivity contribution in [2.75, 3.05) is 24.1 Å². The fraction of sp³-hybridized carbons (Fsp3) is 0.333. The molecule has 20 heavy (non-hydrogen) atoms. The first-order valence-corrected chi connectivity index (χ1v) is 8.40. The van der Waals surface area contributed by atoms with Crippen molar-refractivity contribution < 1.29 is 8.42 Å². The fourth-order valence-electron chi connectivity index (χ4n) is 2.08. The molecule has 5 heteroatoms. The van der Waals surface area contributed by atoms with E-state index >= 15 is 0 Å². The molecule has 0 aliphatic rings. The SMILES string of the molecule is CNCCCCS(=O)(=O)Nc1ccc2ccccc2c1. The van der Waals surface area contributed by atoms with Gasteiger partial charge in [0.1, 0.15) is 0 Å². The molecule has 2 N–H and O–H groups in total. The Kier molecular flexibility index (Phi) is 4.98. The minimum absolute atomic E-state index is 0.154. The maximum Gasteiger partial charge on any atom is 0.232 e. The van der Waals surface area contributed by atoms with Gasteiger partial charge in [-0.15, -0.1) is 0 Å². The first-order valence-electron chi connectivity index (χ1n) is 6.75. The largest absolute Gasteiger partial charge is 0.320 e. The van der Waals surface area contributed by atoms with Crippen molar-refractivity contribution >= 4 is 26.5 Å². The van der Waals surface area contributed by atoms with E-state index in [-0.39, 0.29) is 5.75 Å². The summed E-state index contributed by atoms with van der Waals surface area (Å²) in [4.78, 5) is 0. The lowest BCUT2D eigenvalue weighted by molar-refractivity contribution is 0.595. The quantitative estimate of drug-likeness (QED) is 0.771. The first kappa shape index (κ1) is 14.8. The lowest BCUT2D eigenvalue weighted by Gasteiger charge is -2.09. The first-order chi connectivity index (χ1) is 9.61. The number of rotatable bonds is 7. The molecule has 0 fully saturated rings. The van der Waals surface area contributed by atoms with Gasteiger partial charge in [0.15, 0.2) is 0 Å². The van der Waals surface area contributed by atoms with E-state index in [0.29, 0.717) is 12.1 Å². The van der Waals surface area contributed by atoms with Crippen LogP contribution in [0.5, 0.6) is 0 Å². The maximum absolute atomic E-state index is 12.0. The van der Waals surface area contributed by atoms with Gasteiger partial charge in [-0.05, 0) is 49.3 Å². The Bertz CT molecular complexity index is 668. The van der Waals surface area contributed by atoms with E-state index in [9.17, 15) is 8.42 Å². The summed E-state index contributed by atoms with van der Waals surface area (Å²) >= 11 is 0. The maximum atomic E-state index is 12.0. The predicted molar refractivity (Wildman–Crippen MR) is 84.5 cm³/mol. The van der Waals surface area contributed by atoms with Gasteiger partial charge in [-0.25, -0.2) is 8.42 Å². The monoisotopic (exact) mass is 292 g/mol. The van der Waals surface area contributed by atoms with Crippen LogP contribution < -0.4 is 10.0 Å². The van der Waals surface area contributed by atoms with Crippen LogP contribution in [-0.2, 0) is 10.0 Å². The van der Waals surface area contributed by atoms with Gasteiger partial charge in [-0.1, -0.05) is 30.3 Å². The summed E-state index contributed by atoms with van der Waals surface area (Å²) in [6.45, 7) is 0.839. The van der Waals surface area contributed by atoms with Gasteiger partial charge in [-0.2, -0.15) is 0 Å². The van der Waals surface area contributed by atoms with Crippen LogP contribution in [0.4, 0.5) is 5.69 Å². The van der Waals surface area contributed by atoms with Gasteiger partial charge < -0.3 is 5.32 Å².